The quantitative estimate of drug-likeness (QED) is 0.219. The van der Waals surface area contributed by atoms with Crippen LogP contribution in [0.2, 0.25) is 0 Å². The van der Waals surface area contributed by atoms with Gasteiger partial charge in [0.2, 0.25) is 0 Å². The summed E-state index contributed by atoms with van der Waals surface area (Å²) in [7, 11) is 0. The zero-order valence-corrected chi connectivity index (χ0v) is 28.5. The molecule has 1 saturated heterocycles. The van der Waals surface area contributed by atoms with Gasteiger partial charge in [-0.15, -0.1) is 0 Å². The number of aliphatic hydroxyl groups is 6. The maximum Gasteiger partial charge on any atom is 0.312 e. The lowest BCUT2D eigenvalue weighted by Gasteiger charge is -2.72. The van der Waals surface area contributed by atoms with Crippen molar-refractivity contribution < 1.29 is 50.0 Å². The molecule has 46 heavy (non-hydrogen) atoms. The third-order valence-corrected chi connectivity index (χ3v) is 15.6. The van der Waals surface area contributed by atoms with Gasteiger partial charge >= 0.3 is 5.97 Å². The predicted octanol–water partition coefficient (Wildman–Crippen LogP) is 3.00. The zero-order chi connectivity index (χ0) is 33.8. The van der Waals surface area contributed by atoms with Gasteiger partial charge in [-0.2, -0.15) is 0 Å². The van der Waals surface area contributed by atoms with Crippen molar-refractivity contribution in [3.05, 3.63) is 11.6 Å². The summed E-state index contributed by atoms with van der Waals surface area (Å²) in [4.78, 5) is 12.7. The summed E-state index contributed by atoms with van der Waals surface area (Å²) in [6.45, 7) is 12.5. The fourth-order valence-electron chi connectivity index (χ4n) is 12.2. The minimum atomic E-state index is -1.54. The minimum absolute atomic E-state index is 0.0235. The minimum Gasteiger partial charge on any atom is -0.481 e. The molecule has 5 fully saturated rings. The van der Waals surface area contributed by atoms with Crippen molar-refractivity contribution in [3.63, 3.8) is 0 Å². The van der Waals surface area contributed by atoms with Crippen LogP contribution in [0.15, 0.2) is 11.6 Å². The summed E-state index contributed by atoms with van der Waals surface area (Å²) >= 11 is 0. The molecular formula is C36H58O10. The molecule has 0 amide bonds. The Bertz CT molecular complexity index is 1240. The third kappa shape index (κ3) is 4.53. The topological polar surface area (TPSA) is 177 Å². The van der Waals surface area contributed by atoms with E-state index in [1.165, 1.54) is 5.57 Å². The smallest absolute Gasteiger partial charge is 0.312 e. The first-order valence-electron chi connectivity index (χ1n) is 17.6. The molecule has 0 aromatic carbocycles. The Morgan fingerprint density at radius 2 is 1.54 bits per heavy atom. The number of carboxylic acids is 1. The van der Waals surface area contributed by atoms with Crippen molar-refractivity contribution in [2.45, 2.75) is 142 Å². The molecule has 1 aliphatic heterocycles. The van der Waals surface area contributed by atoms with Crippen molar-refractivity contribution in [2.75, 3.05) is 13.2 Å². The Kier molecular flexibility index (Phi) is 8.46. The highest BCUT2D eigenvalue weighted by molar-refractivity contribution is 5.76. The van der Waals surface area contributed by atoms with Crippen molar-refractivity contribution in [2.24, 2.45) is 50.2 Å². The molecule has 6 aliphatic rings. The summed E-state index contributed by atoms with van der Waals surface area (Å²) in [5.41, 5.74) is -1.06. The summed E-state index contributed by atoms with van der Waals surface area (Å²) in [6, 6.07) is 0. The van der Waals surface area contributed by atoms with E-state index in [1.807, 2.05) is 6.92 Å². The Balaban J connectivity index is 1.32. The highest BCUT2D eigenvalue weighted by atomic mass is 16.7. The SMILES string of the molecule is CC1(CO)C=C2[C@H]3CC[C@@H]4[C@@]5(C)CC[C@H](O)C(C)(C(=O)O)C5CC[C@@]4(C)[C@]3(C)CC[C@@]2(C)C[C@H]1O[C@@H]1O[C@H](CO)[C@@H](O)[C@H](O)[C@H]1O. The number of ether oxygens (including phenoxy) is 2. The number of allylic oxidation sites excluding steroid dienone is 1. The molecule has 1 heterocycles. The van der Waals surface area contributed by atoms with Gasteiger partial charge in [0.15, 0.2) is 6.29 Å². The van der Waals surface area contributed by atoms with Crippen LogP contribution in [0, 0.1) is 50.2 Å². The molecule has 0 aromatic rings. The third-order valence-electron chi connectivity index (χ3n) is 15.6. The largest absolute Gasteiger partial charge is 0.481 e. The van der Waals surface area contributed by atoms with Crippen LogP contribution in [0.3, 0.4) is 0 Å². The van der Waals surface area contributed by atoms with Crippen LogP contribution in [0.25, 0.3) is 0 Å². The van der Waals surface area contributed by atoms with E-state index in [9.17, 15) is 40.5 Å². The molecule has 0 bridgehead atoms. The summed E-state index contributed by atoms with van der Waals surface area (Å²) in [5, 5.41) is 73.3. The molecule has 0 radical (unpaired) electrons. The van der Waals surface area contributed by atoms with Gasteiger partial charge in [0, 0.05) is 5.41 Å². The average Bonchev–Trinajstić information content (AvgIpc) is 3.00. The summed E-state index contributed by atoms with van der Waals surface area (Å²) in [6.07, 6.45) is 1.51. The number of aliphatic carboxylic acids is 1. The first-order chi connectivity index (χ1) is 21.4. The first-order valence-corrected chi connectivity index (χ1v) is 17.6. The van der Waals surface area contributed by atoms with Gasteiger partial charge in [-0.05, 0) is 104 Å². The van der Waals surface area contributed by atoms with E-state index in [4.69, 9.17) is 9.47 Å². The van der Waals surface area contributed by atoms with Crippen LogP contribution < -0.4 is 0 Å². The van der Waals surface area contributed by atoms with E-state index in [0.717, 1.165) is 44.9 Å². The maximum atomic E-state index is 12.7. The van der Waals surface area contributed by atoms with Crippen LogP contribution in [0.5, 0.6) is 0 Å². The van der Waals surface area contributed by atoms with E-state index >= 15 is 0 Å². The average molecular weight is 651 g/mol. The molecule has 3 unspecified atom stereocenters. The lowest BCUT2D eigenvalue weighted by Crippen LogP contribution is -2.67. The molecule has 16 atom stereocenters. The van der Waals surface area contributed by atoms with Gasteiger partial charge in [-0.25, -0.2) is 0 Å². The molecule has 262 valence electrons. The molecule has 0 aromatic heterocycles. The van der Waals surface area contributed by atoms with E-state index in [-0.39, 0.29) is 40.1 Å². The molecule has 6 rings (SSSR count). The number of hydrogen-bond acceptors (Lipinski definition) is 9. The lowest BCUT2D eigenvalue weighted by atomic mass is 9.32. The summed E-state index contributed by atoms with van der Waals surface area (Å²) in [5.74, 6) is -0.345. The predicted molar refractivity (Wildman–Crippen MR) is 168 cm³/mol. The van der Waals surface area contributed by atoms with Crippen LogP contribution in [-0.4, -0.2) is 97.8 Å². The van der Waals surface area contributed by atoms with Crippen LogP contribution >= 0.6 is 0 Å². The van der Waals surface area contributed by atoms with Gasteiger partial charge in [0.05, 0.1) is 30.8 Å². The fraction of sp³-hybridized carbons (Fsp3) is 0.917. The van der Waals surface area contributed by atoms with Gasteiger partial charge in [-0.1, -0.05) is 46.3 Å². The number of rotatable bonds is 5. The monoisotopic (exact) mass is 650 g/mol. The number of hydrogen-bond donors (Lipinski definition) is 7. The van der Waals surface area contributed by atoms with E-state index in [0.29, 0.717) is 18.8 Å². The molecule has 7 N–H and O–H groups in total. The molecule has 4 saturated carbocycles. The van der Waals surface area contributed by atoms with Gasteiger partial charge in [0.1, 0.15) is 24.4 Å². The maximum absolute atomic E-state index is 12.7. The molecule has 5 aliphatic carbocycles. The Labute approximate surface area is 273 Å². The van der Waals surface area contributed by atoms with Crippen molar-refractivity contribution in [1.29, 1.82) is 0 Å². The molecule has 0 spiro atoms. The van der Waals surface area contributed by atoms with Crippen LogP contribution in [-0.2, 0) is 14.3 Å². The van der Waals surface area contributed by atoms with E-state index in [1.54, 1.807) is 6.92 Å². The summed E-state index contributed by atoms with van der Waals surface area (Å²) < 4.78 is 12.1. The normalized spacial score (nSPS) is 56.9. The Morgan fingerprint density at radius 3 is 2.17 bits per heavy atom. The van der Waals surface area contributed by atoms with Gasteiger partial charge in [0.25, 0.3) is 0 Å². The standard InChI is InChI=1S/C36H58O10/c1-31-13-14-34(4)19(7-8-22-33(3)11-10-24(39)36(6,30(43)44)23(33)9-12-35(22,34)5)20(31)15-32(2,18-38)25(16-31)46-29-28(42)27(41)26(40)21(17-37)45-29/h15,19,21-29,37-42H,7-14,16-18H2,1-6H3,(H,43,44)/t19-,21-,22-,23?,24+,25-,26-,27+,28-,29+,31+,32?,33-,34-,35-,36?/m1/s1. The zero-order valence-electron chi connectivity index (χ0n) is 28.5. The number of carboxylic acid groups (broad SMARTS) is 1. The number of aliphatic hydroxyl groups excluding tert-OH is 6. The van der Waals surface area contributed by atoms with E-state index < -0.39 is 66.3 Å². The highest BCUT2D eigenvalue weighted by Crippen LogP contribution is 2.76. The fourth-order valence-corrected chi connectivity index (χ4v) is 12.2. The van der Waals surface area contributed by atoms with Crippen LogP contribution in [0.1, 0.15) is 99.3 Å². The Hall–Kier alpha value is -1.11. The highest BCUT2D eigenvalue weighted by Gasteiger charge is 2.70. The molecule has 10 heteroatoms. The van der Waals surface area contributed by atoms with Gasteiger partial charge < -0.3 is 45.2 Å². The molecule has 10 nitrogen and oxygen atoms in total. The second kappa shape index (κ2) is 11.2. The van der Waals surface area contributed by atoms with Gasteiger partial charge in [-0.3, -0.25) is 4.79 Å². The van der Waals surface area contributed by atoms with Crippen molar-refractivity contribution in [3.8, 4) is 0 Å². The Morgan fingerprint density at radius 1 is 0.848 bits per heavy atom. The number of fused-ring (bicyclic) bond motifs is 7. The van der Waals surface area contributed by atoms with Crippen molar-refractivity contribution in [1.82, 2.24) is 0 Å². The first kappa shape index (κ1) is 34.7. The second-order valence-electron chi connectivity index (χ2n) is 17.6. The van der Waals surface area contributed by atoms with Crippen LogP contribution in [0.4, 0.5) is 0 Å². The number of carbonyl (C=O) groups is 1. The lowest BCUT2D eigenvalue weighted by molar-refractivity contribution is -0.321. The second-order valence-corrected chi connectivity index (χ2v) is 17.6. The van der Waals surface area contributed by atoms with E-state index in [2.05, 4.69) is 33.8 Å². The molecular weight excluding hydrogens is 592 g/mol. The van der Waals surface area contributed by atoms with Crippen molar-refractivity contribution >= 4 is 5.97 Å².